The molecule has 6 heteroatoms. The summed E-state index contributed by atoms with van der Waals surface area (Å²) >= 11 is 1.62. The van der Waals surface area contributed by atoms with Crippen molar-refractivity contribution in [2.24, 2.45) is 0 Å². The van der Waals surface area contributed by atoms with Crippen molar-refractivity contribution in [1.82, 2.24) is 5.32 Å². The average molecular weight is 291 g/mol. The fourth-order valence-electron chi connectivity index (χ4n) is 1.28. The molecule has 0 spiro atoms. The first kappa shape index (κ1) is 18.1. The van der Waals surface area contributed by atoms with E-state index in [1.807, 2.05) is 20.1 Å². The van der Waals surface area contributed by atoms with E-state index in [1.54, 1.807) is 11.8 Å². The van der Waals surface area contributed by atoms with Crippen molar-refractivity contribution >= 4 is 23.8 Å². The third-order valence-corrected chi connectivity index (χ3v) is 3.01. The number of esters is 1. The zero-order valence-corrected chi connectivity index (χ0v) is 12.9. The van der Waals surface area contributed by atoms with Crippen molar-refractivity contribution < 1.29 is 19.1 Å². The highest BCUT2D eigenvalue weighted by Gasteiger charge is 2.22. The molecule has 0 aliphatic heterocycles. The monoisotopic (exact) mass is 291 g/mol. The number of alkyl carbamates (subject to hydrolysis) is 1. The summed E-state index contributed by atoms with van der Waals surface area (Å²) < 4.78 is 10.0. The zero-order chi connectivity index (χ0) is 14.5. The molecule has 112 valence electrons. The van der Waals surface area contributed by atoms with Gasteiger partial charge in [0.2, 0.25) is 0 Å². The number of thioether (sulfide) groups is 1. The van der Waals surface area contributed by atoms with Crippen LogP contribution in [0.1, 0.15) is 39.5 Å². The molecule has 0 aliphatic rings. The van der Waals surface area contributed by atoms with E-state index in [1.165, 1.54) is 0 Å². The van der Waals surface area contributed by atoms with E-state index in [0.717, 1.165) is 25.0 Å². The van der Waals surface area contributed by atoms with Gasteiger partial charge in [-0.3, -0.25) is 0 Å². The molecule has 0 rings (SSSR count). The van der Waals surface area contributed by atoms with Gasteiger partial charge in [0.15, 0.2) is 0 Å². The number of carbonyl (C=O) groups excluding carboxylic acids is 2. The summed E-state index contributed by atoms with van der Waals surface area (Å²) in [5.41, 5.74) is 0. The molecule has 0 saturated heterocycles. The number of amides is 1. The van der Waals surface area contributed by atoms with Crippen LogP contribution in [0.3, 0.4) is 0 Å². The largest absolute Gasteiger partial charge is 0.464 e. The van der Waals surface area contributed by atoms with E-state index in [-0.39, 0.29) is 5.97 Å². The maximum Gasteiger partial charge on any atom is 0.407 e. The normalized spacial score (nSPS) is 11.7. The van der Waals surface area contributed by atoms with Gasteiger partial charge in [0, 0.05) is 0 Å². The number of unbranched alkanes of at least 4 members (excludes halogenated alkanes) is 1. The van der Waals surface area contributed by atoms with Crippen LogP contribution in [0.15, 0.2) is 0 Å². The average Bonchev–Trinajstić information content (AvgIpc) is 2.41. The minimum Gasteiger partial charge on any atom is -0.464 e. The lowest BCUT2D eigenvalue weighted by Gasteiger charge is -2.17. The van der Waals surface area contributed by atoms with E-state index in [9.17, 15) is 9.59 Å². The Bertz CT molecular complexity index is 261. The molecule has 0 bridgehead atoms. The molecular formula is C13H25NO4S. The lowest BCUT2D eigenvalue weighted by Crippen LogP contribution is -2.42. The summed E-state index contributed by atoms with van der Waals surface area (Å²) in [6, 6.07) is -0.617. The van der Waals surface area contributed by atoms with Crippen molar-refractivity contribution in [1.29, 1.82) is 0 Å². The topological polar surface area (TPSA) is 64.6 Å². The van der Waals surface area contributed by atoms with E-state index >= 15 is 0 Å². The lowest BCUT2D eigenvalue weighted by atomic mass is 10.2. The Labute approximate surface area is 119 Å². The van der Waals surface area contributed by atoms with Gasteiger partial charge in [-0.25, -0.2) is 9.59 Å². The van der Waals surface area contributed by atoms with Gasteiger partial charge < -0.3 is 14.8 Å². The van der Waals surface area contributed by atoms with E-state index in [4.69, 9.17) is 9.47 Å². The Hall–Kier alpha value is -0.910. The van der Waals surface area contributed by atoms with Crippen LogP contribution >= 0.6 is 11.8 Å². The molecule has 19 heavy (non-hydrogen) atoms. The molecule has 1 amide bonds. The highest BCUT2D eigenvalue weighted by molar-refractivity contribution is 7.98. The third kappa shape index (κ3) is 9.64. The minimum atomic E-state index is -0.617. The maximum absolute atomic E-state index is 11.8. The van der Waals surface area contributed by atoms with Gasteiger partial charge in [-0.2, -0.15) is 11.8 Å². The molecule has 0 unspecified atom stereocenters. The number of rotatable bonds is 10. The molecule has 0 fully saturated rings. The second kappa shape index (κ2) is 12.1. The van der Waals surface area contributed by atoms with Crippen LogP contribution in [0.4, 0.5) is 4.79 Å². The maximum atomic E-state index is 11.8. The number of hydrogen-bond donors (Lipinski definition) is 1. The van der Waals surface area contributed by atoms with Crippen molar-refractivity contribution in [2.75, 3.05) is 25.2 Å². The molecular weight excluding hydrogens is 266 g/mol. The Morgan fingerprint density at radius 3 is 2.47 bits per heavy atom. The molecule has 5 nitrogen and oxygen atoms in total. The third-order valence-electron chi connectivity index (χ3n) is 2.37. The molecule has 1 atom stereocenters. The van der Waals surface area contributed by atoms with Crippen molar-refractivity contribution in [3.8, 4) is 0 Å². The molecule has 1 N–H and O–H groups in total. The number of carbonyl (C=O) groups is 2. The fraction of sp³-hybridized carbons (Fsp3) is 0.846. The predicted molar refractivity (Wildman–Crippen MR) is 77.4 cm³/mol. The lowest BCUT2D eigenvalue weighted by molar-refractivity contribution is -0.146. The Kier molecular flexibility index (Phi) is 11.6. The molecule has 0 aromatic carbocycles. The van der Waals surface area contributed by atoms with Gasteiger partial charge in [0.1, 0.15) is 6.04 Å². The van der Waals surface area contributed by atoms with Gasteiger partial charge in [-0.1, -0.05) is 20.3 Å². The molecule has 0 heterocycles. The number of ether oxygens (including phenoxy) is 2. The molecule has 0 aliphatic carbocycles. The Morgan fingerprint density at radius 1 is 1.16 bits per heavy atom. The van der Waals surface area contributed by atoms with Crippen molar-refractivity contribution in [3.05, 3.63) is 0 Å². The first-order chi connectivity index (χ1) is 9.15. The first-order valence-corrected chi connectivity index (χ1v) is 8.13. The summed E-state index contributed by atoms with van der Waals surface area (Å²) in [5.74, 6) is 0.401. The van der Waals surface area contributed by atoms with Gasteiger partial charge in [0.25, 0.3) is 0 Å². The fourth-order valence-corrected chi connectivity index (χ4v) is 1.75. The number of nitrogens with one attached hydrogen (secondary N) is 1. The second-order valence-electron chi connectivity index (χ2n) is 4.14. The van der Waals surface area contributed by atoms with Crippen LogP contribution in [0, 0.1) is 0 Å². The predicted octanol–water partition coefficient (Wildman–Crippen LogP) is 2.59. The standard InChI is InChI=1S/C13H25NO4S/c1-4-6-9-17-12(15)11(7-10-19-3)14-13(16)18-8-5-2/h11H,4-10H2,1-3H3,(H,14,16)/t11-/m0/s1. The van der Waals surface area contributed by atoms with Crippen LogP contribution in [0.5, 0.6) is 0 Å². The Morgan fingerprint density at radius 2 is 1.89 bits per heavy atom. The van der Waals surface area contributed by atoms with Crippen LogP contribution in [0.25, 0.3) is 0 Å². The highest BCUT2D eigenvalue weighted by atomic mass is 32.2. The van der Waals surface area contributed by atoms with Crippen LogP contribution in [0.2, 0.25) is 0 Å². The Balaban J connectivity index is 4.19. The minimum absolute atomic E-state index is 0.353. The van der Waals surface area contributed by atoms with E-state index < -0.39 is 12.1 Å². The highest BCUT2D eigenvalue weighted by Crippen LogP contribution is 2.04. The van der Waals surface area contributed by atoms with Gasteiger partial charge in [-0.05, 0) is 31.3 Å². The van der Waals surface area contributed by atoms with Crippen LogP contribution in [-0.4, -0.2) is 43.3 Å². The van der Waals surface area contributed by atoms with Gasteiger partial charge in [-0.15, -0.1) is 0 Å². The van der Waals surface area contributed by atoms with Crippen molar-refractivity contribution in [2.45, 2.75) is 45.6 Å². The van der Waals surface area contributed by atoms with Crippen LogP contribution < -0.4 is 5.32 Å². The molecule has 0 aromatic heterocycles. The number of hydrogen-bond acceptors (Lipinski definition) is 5. The van der Waals surface area contributed by atoms with Crippen molar-refractivity contribution in [3.63, 3.8) is 0 Å². The smallest absolute Gasteiger partial charge is 0.407 e. The summed E-state index contributed by atoms with van der Waals surface area (Å²) in [4.78, 5) is 23.3. The molecule has 0 saturated carbocycles. The summed E-state index contributed by atoms with van der Waals surface area (Å²) in [5, 5.41) is 2.56. The summed E-state index contributed by atoms with van der Waals surface area (Å²) in [6.07, 6.45) is 4.50. The summed E-state index contributed by atoms with van der Waals surface area (Å²) in [6.45, 7) is 4.69. The SMILES string of the molecule is CCCCOC(=O)[C@H](CCSC)NC(=O)OCCC. The van der Waals surface area contributed by atoms with E-state index in [0.29, 0.717) is 19.6 Å². The van der Waals surface area contributed by atoms with Gasteiger partial charge in [0.05, 0.1) is 13.2 Å². The van der Waals surface area contributed by atoms with Crippen LogP contribution in [-0.2, 0) is 14.3 Å². The first-order valence-electron chi connectivity index (χ1n) is 6.74. The quantitative estimate of drug-likeness (QED) is 0.495. The van der Waals surface area contributed by atoms with Gasteiger partial charge >= 0.3 is 12.1 Å². The molecule has 0 aromatic rings. The molecule has 0 radical (unpaired) electrons. The second-order valence-corrected chi connectivity index (χ2v) is 5.12. The summed E-state index contributed by atoms with van der Waals surface area (Å²) in [7, 11) is 0. The zero-order valence-electron chi connectivity index (χ0n) is 12.1. The van der Waals surface area contributed by atoms with E-state index in [2.05, 4.69) is 5.32 Å².